The highest BCUT2D eigenvalue weighted by Gasteiger charge is 1.91. The van der Waals surface area contributed by atoms with Crippen molar-refractivity contribution in [1.82, 2.24) is 0 Å². The monoisotopic (exact) mass is 304 g/mol. The number of hydrogen-bond acceptors (Lipinski definition) is 2. The van der Waals surface area contributed by atoms with Crippen molar-refractivity contribution in [2.45, 2.75) is 19.3 Å². The standard InChI is InChI=1S/C11H17IN2/c12-10-4-6-11(7-5-10)14-9-3-1-2-8-13/h4-7,14H,1-3,8-9,13H2. The zero-order chi connectivity index (χ0) is 10.2. The molecule has 0 radical (unpaired) electrons. The van der Waals surface area contributed by atoms with Crippen molar-refractivity contribution in [1.29, 1.82) is 0 Å². The summed E-state index contributed by atoms with van der Waals surface area (Å²) in [7, 11) is 0. The summed E-state index contributed by atoms with van der Waals surface area (Å²) in [5, 5.41) is 3.39. The van der Waals surface area contributed by atoms with Crippen LogP contribution in [0.4, 0.5) is 5.69 Å². The van der Waals surface area contributed by atoms with Gasteiger partial charge in [0.1, 0.15) is 0 Å². The van der Waals surface area contributed by atoms with Gasteiger partial charge in [-0.05, 0) is 66.2 Å². The van der Waals surface area contributed by atoms with Crippen molar-refractivity contribution >= 4 is 28.3 Å². The van der Waals surface area contributed by atoms with E-state index in [1.165, 1.54) is 22.1 Å². The van der Waals surface area contributed by atoms with E-state index in [4.69, 9.17) is 5.73 Å². The average molecular weight is 304 g/mol. The molecule has 0 aliphatic rings. The number of rotatable bonds is 6. The molecule has 3 N–H and O–H groups in total. The lowest BCUT2D eigenvalue weighted by atomic mass is 10.2. The summed E-state index contributed by atoms with van der Waals surface area (Å²) in [5.41, 5.74) is 6.62. The molecule has 0 aromatic heterocycles. The third-order valence-corrected chi connectivity index (χ3v) is 2.77. The van der Waals surface area contributed by atoms with Crippen molar-refractivity contribution < 1.29 is 0 Å². The first-order valence-corrected chi connectivity index (χ1v) is 6.10. The maximum absolute atomic E-state index is 5.42. The number of hydrogen-bond donors (Lipinski definition) is 2. The van der Waals surface area contributed by atoms with Crippen LogP contribution in [-0.4, -0.2) is 13.1 Å². The van der Waals surface area contributed by atoms with Crippen LogP contribution < -0.4 is 11.1 Å². The molecule has 0 aliphatic heterocycles. The molecule has 0 aliphatic carbocycles. The van der Waals surface area contributed by atoms with Crippen LogP contribution in [0.5, 0.6) is 0 Å². The summed E-state index contributed by atoms with van der Waals surface area (Å²) in [6.45, 7) is 1.85. The first-order chi connectivity index (χ1) is 6.83. The predicted octanol–water partition coefficient (Wildman–Crippen LogP) is 2.83. The topological polar surface area (TPSA) is 38.0 Å². The predicted molar refractivity (Wildman–Crippen MR) is 70.6 cm³/mol. The van der Waals surface area contributed by atoms with Crippen LogP contribution in [0.1, 0.15) is 19.3 Å². The summed E-state index contributed by atoms with van der Waals surface area (Å²) in [6, 6.07) is 8.46. The highest BCUT2D eigenvalue weighted by atomic mass is 127. The number of benzene rings is 1. The lowest BCUT2D eigenvalue weighted by molar-refractivity contribution is 0.707. The first-order valence-electron chi connectivity index (χ1n) is 5.02. The zero-order valence-electron chi connectivity index (χ0n) is 8.30. The van der Waals surface area contributed by atoms with Crippen molar-refractivity contribution in [2.24, 2.45) is 5.73 Å². The molecule has 0 spiro atoms. The second-order valence-electron chi connectivity index (χ2n) is 3.28. The quantitative estimate of drug-likeness (QED) is 0.626. The zero-order valence-corrected chi connectivity index (χ0v) is 10.5. The minimum absolute atomic E-state index is 0.809. The number of anilines is 1. The number of nitrogens with one attached hydrogen (secondary N) is 1. The average Bonchev–Trinajstić information content (AvgIpc) is 2.21. The van der Waals surface area contributed by atoms with Crippen LogP contribution in [0, 0.1) is 3.57 Å². The number of halogens is 1. The van der Waals surface area contributed by atoms with Crippen LogP contribution >= 0.6 is 22.6 Å². The second-order valence-corrected chi connectivity index (χ2v) is 4.53. The number of unbranched alkanes of at least 4 members (excludes halogenated alkanes) is 2. The van der Waals surface area contributed by atoms with Crippen molar-refractivity contribution in [2.75, 3.05) is 18.4 Å². The number of nitrogens with two attached hydrogens (primary N) is 1. The Hall–Kier alpha value is -0.290. The van der Waals surface area contributed by atoms with E-state index in [2.05, 4.69) is 52.2 Å². The lowest BCUT2D eigenvalue weighted by Crippen LogP contribution is -2.03. The van der Waals surface area contributed by atoms with Gasteiger partial charge in [0, 0.05) is 15.8 Å². The molecule has 0 atom stereocenters. The molecular weight excluding hydrogens is 287 g/mol. The van der Waals surface area contributed by atoms with Gasteiger partial charge in [0.05, 0.1) is 0 Å². The molecule has 0 amide bonds. The molecule has 0 heterocycles. The smallest absolute Gasteiger partial charge is 0.0340 e. The van der Waals surface area contributed by atoms with Crippen LogP contribution in [0.3, 0.4) is 0 Å². The Morgan fingerprint density at radius 1 is 1.07 bits per heavy atom. The Kier molecular flexibility index (Phi) is 5.94. The van der Waals surface area contributed by atoms with Gasteiger partial charge in [0.2, 0.25) is 0 Å². The second kappa shape index (κ2) is 7.06. The van der Waals surface area contributed by atoms with Gasteiger partial charge in [-0.3, -0.25) is 0 Å². The van der Waals surface area contributed by atoms with E-state index in [0.29, 0.717) is 0 Å². The lowest BCUT2D eigenvalue weighted by Gasteiger charge is -2.05. The van der Waals surface area contributed by atoms with Gasteiger partial charge in [0.25, 0.3) is 0 Å². The molecule has 1 aromatic rings. The summed E-state index contributed by atoms with van der Waals surface area (Å²) in [6.07, 6.45) is 3.55. The summed E-state index contributed by atoms with van der Waals surface area (Å²) < 4.78 is 1.27. The van der Waals surface area contributed by atoms with E-state index < -0.39 is 0 Å². The fourth-order valence-corrected chi connectivity index (χ4v) is 1.61. The Morgan fingerprint density at radius 3 is 2.43 bits per heavy atom. The van der Waals surface area contributed by atoms with Gasteiger partial charge in [-0.1, -0.05) is 6.42 Å². The van der Waals surface area contributed by atoms with Crippen LogP contribution in [0.2, 0.25) is 0 Å². The molecule has 0 saturated carbocycles. The molecular formula is C11H17IN2. The SMILES string of the molecule is NCCCCCNc1ccc(I)cc1. The molecule has 3 heteroatoms. The molecule has 0 saturated heterocycles. The third-order valence-electron chi connectivity index (χ3n) is 2.05. The van der Waals surface area contributed by atoms with E-state index in [1.807, 2.05) is 0 Å². The maximum Gasteiger partial charge on any atom is 0.0340 e. The Bertz CT molecular complexity index is 246. The van der Waals surface area contributed by atoms with Gasteiger partial charge in [0.15, 0.2) is 0 Å². The van der Waals surface area contributed by atoms with Gasteiger partial charge < -0.3 is 11.1 Å². The van der Waals surface area contributed by atoms with Crippen LogP contribution in [-0.2, 0) is 0 Å². The maximum atomic E-state index is 5.42. The summed E-state index contributed by atoms with van der Waals surface area (Å²) >= 11 is 2.31. The van der Waals surface area contributed by atoms with Gasteiger partial charge in [-0.15, -0.1) is 0 Å². The van der Waals surface area contributed by atoms with E-state index in [1.54, 1.807) is 0 Å². The van der Waals surface area contributed by atoms with E-state index >= 15 is 0 Å². The van der Waals surface area contributed by atoms with Crippen LogP contribution in [0.25, 0.3) is 0 Å². The minimum atomic E-state index is 0.809. The van der Waals surface area contributed by atoms with Crippen LogP contribution in [0.15, 0.2) is 24.3 Å². The van der Waals surface area contributed by atoms with Gasteiger partial charge in [-0.2, -0.15) is 0 Å². The molecule has 1 aromatic carbocycles. The molecule has 0 fully saturated rings. The fourth-order valence-electron chi connectivity index (χ4n) is 1.25. The molecule has 78 valence electrons. The van der Waals surface area contributed by atoms with Crippen molar-refractivity contribution in [3.8, 4) is 0 Å². The molecule has 0 unspecified atom stereocenters. The van der Waals surface area contributed by atoms with Crippen molar-refractivity contribution in [3.63, 3.8) is 0 Å². The van der Waals surface area contributed by atoms with Gasteiger partial charge >= 0.3 is 0 Å². The molecule has 0 bridgehead atoms. The first kappa shape index (κ1) is 11.8. The molecule has 1 rings (SSSR count). The highest BCUT2D eigenvalue weighted by Crippen LogP contribution is 2.11. The van der Waals surface area contributed by atoms with Gasteiger partial charge in [-0.25, -0.2) is 0 Å². The fraction of sp³-hybridized carbons (Fsp3) is 0.455. The minimum Gasteiger partial charge on any atom is -0.385 e. The third kappa shape index (κ3) is 4.81. The largest absolute Gasteiger partial charge is 0.385 e. The Labute approximate surface area is 99.4 Å². The van der Waals surface area contributed by atoms with E-state index in [9.17, 15) is 0 Å². The summed E-state index contributed by atoms with van der Waals surface area (Å²) in [4.78, 5) is 0. The van der Waals surface area contributed by atoms with Crippen molar-refractivity contribution in [3.05, 3.63) is 27.8 Å². The highest BCUT2D eigenvalue weighted by molar-refractivity contribution is 14.1. The summed E-state index contributed by atoms with van der Waals surface area (Å²) in [5.74, 6) is 0. The molecule has 14 heavy (non-hydrogen) atoms. The normalized spacial score (nSPS) is 10.1. The van der Waals surface area contributed by atoms with E-state index in [-0.39, 0.29) is 0 Å². The van der Waals surface area contributed by atoms with E-state index in [0.717, 1.165) is 19.5 Å². The Morgan fingerprint density at radius 2 is 1.79 bits per heavy atom. The Balaban J connectivity index is 2.15. The molecule has 2 nitrogen and oxygen atoms in total.